The van der Waals surface area contributed by atoms with Crippen LogP contribution >= 0.6 is 0 Å². The van der Waals surface area contributed by atoms with Gasteiger partial charge in [-0.25, -0.2) is 8.93 Å². The minimum Gasteiger partial charge on any atom is -0.381 e. The first-order chi connectivity index (χ1) is 9.90. The molecule has 0 aromatic carbocycles. The Morgan fingerprint density at radius 3 is 2.43 bits per heavy atom. The predicted molar refractivity (Wildman–Crippen MR) is 89.5 cm³/mol. The molecule has 1 saturated heterocycles. The molecule has 0 radical (unpaired) electrons. The van der Waals surface area contributed by atoms with Crippen molar-refractivity contribution in [1.29, 1.82) is 0 Å². The van der Waals surface area contributed by atoms with Gasteiger partial charge in [-0.2, -0.15) is 0 Å². The molecule has 1 aliphatic carbocycles. The normalized spacial score (nSPS) is 25.9. The molecule has 4 heteroatoms. The molecule has 0 unspecified atom stereocenters. The van der Waals surface area contributed by atoms with E-state index in [-0.39, 0.29) is 10.8 Å². The molecule has 0 amide bonds. The second-order valence-corrected chi connectivity index (χ2v) is 9.55. The predicted octanol–water partition coefficient (Wildman–Crippen LogP) is 3.58. The highest BCUT2D eigenvalue weighted by molar-refractivity contribution is 7.84. The monoisotopic (exact) mass is 313 g/mol. The summed E-state index contributed by atoms with van der Waals surface area (Å²) in [6, 6.07) is 0.284. The van der Waals surface area contributed by atoms with Crippen LogP contribution in [0.5, 0.6) is 0 Å². The average molecular weight is 314 g/mol. The van der Waals surface area contributed by atoms with Crippen LogP contribution in [0.1, 0.15) is 59.3 Å². The van der Waals surface area contributed by atoms with Crippen molar-refractivity contribution in [1.82, 2.24) is 4.72 Å². The molecule has 2 fully saturated rings. The molecule has 3 nitrogen and oxygen atoms in total. The maximum atomic E-state index is 12.6. The van der Waals surface area contributed by atoms with Crippen molar-refractivity contribution in [3.8, 4) is 0 Å². The minimum absolute atomic E-state index is 0.222. The van der Waals surface area contributed by atoms with Gasteiger partial charge < -0.3 is 4.74 Å². The van der Waals surface area contributed by atoms with Crippen LogP contribution in [-0.4, -0.2) is 28.2 Å². The van der Waals surface area contributed by atoms with Crippen LogP contribution in [0, 0.1) is 11.3 Å². The Morgan fingerprint density at radius 2 is 2.00 bits per heavy atom. The van der Waals surface area contributed by atoms with Crippen LogP contribution in [0.4, 0.5) is 0 Å². The fraction of sp³-hybridized carbons (Fsp3) is 0.882. The number of ether oxygens (including phenoxy) is 1. The molecule has 122 valence electrons. The minimum atomic E-state index is -1.02. The molecule has 0 bridgehead atoms. The molecular formula is C17H31NO2S. The summed E-state index contributed by atoms with van der Waals surface area (Å²) in [7, 11) is -1.02. The second kappa shape index (κ2) is 6.93. The van der Waals surface area contributed by atoms with E-state index in [4.69, 9.17) is 4.74 Å². The van der Waals surface area contributed by atoms with Crippen molar-refractivity contribution < 1.29 is 8.95 Å². The van der Waals surface area contributed by atoms with Gasteiger partial charge in [-0.05, 0) is 64.2 Å². The SMILES string of the molecule is C=CC[C@@H](N[S@@](=O)C(C)(C)C)C1(C2CCOCC2)CCC1. The van der Waals surface area contributed by atoms with Gasteiger partial charge in [0.05, 0.1) is 15.7 Å². The molecule has 2 atom stereocenters. The molecule has 2 rings (SSSR count). The summed E-state index contributed by atoms with van der Waals surface area (Å²) < 4.78 is 21.3. The maximum absolute atomic E-state index is 12.6. The Bertz CT molecular complexity index is 379. The Morgan fingerprint density at radius 1 is 1.38 bits per heavy atom. The van der Waals surface area contributed by atoms with Gasteiger partial charge in [0.1, 0.15) is 0 Å². The van der Waals surface area contributed by atoms with Gasteiger partial charge in [-0.15, -0.1) is 6.58 Å². The number of nitrogens with one attached hydrogen (secondary N) is 1. The third-order valence-corrected chi connectivity index (χ3v) is 6.83. The zero-order chi connectivity index (χ0) is 15.5. The Hall–Kier alpha value is -0.190. The topological polar surface area (TPSA) is 38.3 Å². The fourth-order valence-electron chi connectivity index (χ4n) is 3.77. The van der Waals surface area contributed by atoms with Gasteiger partial charge >= 0.3 is 0 Å². The molecular weight excluding hydrogens is 282 g/mol. The van der Waals surface area contributed by atoms with E-state index in [2.05, 4.69) is 11.3 Å². The Balaban J connectivity index is 2.14. The summed E-state index contributed by atoms with van der Waals surface area (Å²) in [6.07, 6.45) is 8.99. The maximum Gasteiger partial charge on any atom is 0.0973 e. The zero-order valence-corrected chi connectivity index (χ0v) is 14.6. The number of hydrogen-bond acceptors (Lipinski definition) is 2. The van der Waals surface area contributed by atoms with Crippen LogP contribution in [0.2, 0.25) is 0 Å². The first kappa shape index (κ1) is 17.2. The quantitative estimate of drug-likeness (QED) is 0.761. The van der Waals surface area contributed by atoms with Gasteiger partial charge in [-0.3, -0.25) is 0 Å². The highest BCUT2D eigenvalue weighted by Crippen LogP contribution is 2.54. The molecule has 1 N–H and O–H groups in total. The van der Waals surface area contributed by atoms with E-state index in [0.717, 1.165) is 32.5 Å². The standard InChI is InChI=1S/C17H31NO2S/c1-5-7-15(18-21(19)16(2,3)4)17(10-6-11-17)14-8-12-20-13-9-14/h5,14-15,18H,1,6-13H2,2-4H3/t15-,21+/m1/s1. The number of hydrogen-bond donors (Lipinski definition) is 1. The Kier molecular flexibility index (Phi) is 5.66. The molecule has 1 aliphatic heterocycles. The van der Waals surface area contributed by atoms with Crippen LogP contribution in [-0.2, 0) is 15.7 Å². The van der Waals surface area contributed by atoms with Crippen molar-refractivity contribution in [2.45, 2.75) is 70.1 Å². The van der Waals surface area contributed by atoms with E-state index in [9.17, 15) is 4.21 Å². The van der Waals surface area contributed by atoms with Crippen LogP contribution < -0.4 is 4.72 Å². The molecule has 1 heterocycles. The lowest BCUT2D eigenvalue weighted by molar-refractivity contribution is -0.0490. The van der Waals surface area contributed by atoms with Gasteiger partial charge in [0.2, 0.25) is 0 Å². The first-order valence-electron chi connectivity index (χ1n) is 8.27. The molecule has 2 aliphatic rings. The summed E-state index contributed by atoms with van der Waals surface area (Å²) in [5.74, 6) is 0.703. The largest absolute Gasteiger partial charge is 0.381 e. The summed E-state index contributed by atoms with van der Waals surface area (Å²) in [5.41, 5.74) is 0.304. The van der Waals surface area contributed by atoms with Crippen molar-refractivity contribution in [3.05, 3.63) is 12.7 Å². The smallest absolute Gasteiger partial charge is 0.0973 e. The highest BCUT2D eigenvalue weighted by Gasteiger charge is 2.50. The van der Waals surface area contributed by atoms with Crippen LogP contribution in [0.25, 0.3) is 0 Å². The average Bonchev–Trinajstić information content (AvgIpc) is 2.37. The zero-order valence-electron chi connectivity index (χ0n) is 13.8. The fourth-order valence-corrected chi connectivity index (χ4v) is 4.71. The van der Waals surface area contributed by atoms with E-state index >= 15 is 0 Å². The highest BCUT2D eigenvalue weighted by atomic mass is 32.2. The lowest BCUT2D eigenvalue weighted by atomic mass is 9.55. The summed E-state index contributed by atoms with van der Waals surface area (Å²) >= 11 is 0. The van der Waals surface area contributed by atoms with Crippen LogP contribution in [0.15, 0.2) is 12.7 Å². The van der Waals surface area contributed by atoms with Crippen LogP contribution in [0.3, 0.4) is 0 Å². The van der Waals surface area contributed by atoms with Crippen molar-refractivity contribution >= 4 is 11.0 Å². The first-order valence-corrected chi connectivity index (χ1v) is 9.42. The van der Waals surface area contributed by atoms with Gasteiger partial charge in [0, 0.05) is 19.3 Å². The summed E-state index contributed by atoms with van der Waals surface area (Å²) in [4.78, 5) is 0. The van der Waals surface area contributed by atoms with Gasteiger partial charge in [0.15, 0.2) is 0 Å². The summed E-state index contributed by atoms with van der Waals surface area (Å²) in [6.45, 7) is 11.8. The third kappa shape index (κ3) is 3.77. The lowest BCUT2D eigenvalue weighted by Gasteiger charge is -2.54. The van der Waals surface area contributed by atoms with Crippen molar-refractivity contribution in [3.63, 3.8) is 0 Å². The van der Waals surface area contributed by atoms with Gasteiger partial charge in [-0.1, -0.05) is 12.5 Å². The van der Waals surface area contributed by atoms with E-state index in [1.807, 2.05) is 26.8 Å². The van der Waals surface area contributed by atoms with E-state index in [1.54, 1.807) is 0 Å². The van der Waals surface area contributed by atoms with E-state index < -0.39 is 11.0 Å². The molecule has 0 aromatic heterocycles. The molecule has 0 aromatic rings. The number of rotatable bonds is 6. The molecule has 21 heavy (non-hydrogen) atoms. The molecule has 1 saturated carbocycles. The van der Waals surface area contributed by atoms with Crippen molar-refractivity contribution in [2.75, 3.05) is 13.2 Å². The van der Waals surface area contributed by atoms with E-state index in [1.165, 1.54) is 19.3 Å². The van der Waals surface area contributed by atoms with Gasteiger partial charge in [0.25, 0.3) is 0 Å². The van der Waals surface area contributed by atoms with Crippen molar-refractivity contribution in [2.24, 2.45) is 11.3 Å². The Labute approximate surface area is 132 Å². The third-order valence-electron chi connectivity index (χ3n) is 5.22. The molecule has 0 spiro atoms. The van der Waals surface area contributed by atoms with E-state index in [0.29, 0.717) is 11.3 Å². The summed E-state index contributed by atoms with van der Waals surface area (Å²) in [5, 5.41) is 0. The lowest BCUT2D eigenvalue weighted by Crippen LogP contribution is -2.56. The second-order valence-electron chi connectivity index (χ2n) is 7.55.